The molecule has 108 valence electrons. The molecule has 2 nitrogen and oxygen atoms in total. The Morgan fingerprint density at radius 2 is 2.00 bits per heavy atom. The molecule has 1 atom stereocenters. The van der Waals surface area contributed by atoms with Gasteiger partial charge in [0.1, 0.15) is 11.6 Å². The quantitative estimate of drug-likeness (QED) is 0.677. The zero-order valence-corrected chi connectivity index (χ0v) is 13.1. The van der Waals surface area contributed by atoms with Crippen molar-refractivity contribution in [1.82, 2.24) is 9.55 Å². The molecule has 0 radical (unpaired) electrons. The van der Waals surface area contributed by atoms with Gasteiger partial charge in [-0.2, -0.15) is 0 Å². The first-order valence-electron chi connectivity index (χ1n) is 6.94. The summed E-state index contributed by atoms with van der Waals surface area (Å²) >= 11 is 12.2. The molecule has 1 fully saturated rings. The van der Waals surface area contributed by atoms with Gasteiger partial charge in [0.15, 0.2) is 0 Å². The van der Waals surface area contributed by atoms with Gasteiger partial charge in [0.05, 0.1) is 21.4 Å². The predicted octanol–water partition coefficient (Wildman–Crippen LogP) is 5.42. The van der Waals surface area contributed by atoms with E-state index < -0.39 is 5.82 Å². The van der Waals surface area contributed by atoms with Crippen molar-refractivity contribution in [2.75, 3.05) is 0 Å². The van der Waals surface area contributed by atoms with E-state index in [-0.39, 0.29) is 15.9 Å². The van der Waals surface area contributed by atoms with Gasteiger partial charge in [0.2, 0.25) is 0 Å². The maximum Gasteiger partial charge on any atom is 0.144 e. The molecule has 0 bridgehead atoms. The van der Waals surface area contributed by atoms with Crippen molar-refractivity contribution >= 4 is 34.2 Å². The maximum atomic E-state index is 13.6. The third-order valence-electron chi connectivity index (χ3n) is 4.30. The summed E-state index contributed by atoms with van der Waals surface area (Å²) in [6.45, 7) is 4.12. The number of aromatic nitrogens is 2. The minimum Gasteiger partial charge on any atom is -0.321 e. The predicted molar refractivity (Wildman–Crippen MR) is 81.1 cm³/mol. The molecule has 3 rings (SSSR count). The van der Waals surface area contributed by atoms with Gasteiger partial charge in [-0.05, 0) is 32.8 Å². The highest BCUT2D eigenvalue weighted by Gasteiger charge is 2.35. The van der Waals surface area contributed by atoms with E-state index in [1.165, 1.54) is 18.9 Å². The molecular formula is C15H17Cl2FN2. The van der Waals surface area contributed by atoms with Crippen LogP contribution in [-0.2, 0) is 5.54 Å². The first kappa shape index (κ1) is 14.2. The summed E-state index contributed by atoms with van der Waals surface area (Å²) in [4.78, 5) is 4.54. The third kappa shape index (κ3) is 2.11. The van der Waals surface area contributed by atoms with E-state index in [1.54, 1.807) is 6.07 Å². The van der Waals surface area contributed by atoms with Crippen LogP contribution in [0, 0.1) is 5.82 Å². The molecule has 1 saturated carbocycles. The molecule has 1 aliphatic carbocycles. The third-order valence-corrected chi connectivity index (χ3v) is 4.78. The smallest absolute Gasteiger partial charge is 0.144 e. The largest absolute Gasteiger partial charge is 0.321 e. The van der Waals surface area contributed by atoms with Gasteiger partial charge >= 0.3 is 0 Å². The number of halogens is 3. The minimum absolute atomic E-state index is 0.00556. The second-order valence-corrected chi connectivity index (χ2v) is 6.94. The average molecular weight is 315 g/mol. The number of imidazole rings is 1. The number of alkyl halides is 1. The Balaban J connectivity index is 2.31. The molecule has 2 aromatic rings. The fraction of sp³-hybridized carbons (Fsp3) is 0.533. The van der Waals surface area contributed by atoms with Crippen LogP contribution in [-0.4, -0.2) is 9.55 Å². The van der Waals surface area contributed by atoms with Crippen LogP contribution in [0.5, 0.6) is 0 Å². The minimum atomic E-state index is -0.436. The Kier molecular flexibility index (Phi) is 3.46. The summed E-state index contributed by atoms with van der Waals surface area (Å²) in [6.07, 6.45) is 4.57. The van der Waals surface area contributed by atoms with E-state index in [0.717, 1.165) is 24.2 Å². The molecule has 1 heterocycles. The van der Waals surface area contributed by atoms with Gasteiger partial charge in [-0.3, -0.25) is 0 Å². The van der Waals surface area contributed by atoms with Crippen molar-refractivity contribution in [3.8, 4) is 0 Å². The zero-order valence-electron chi connectivity index (χ0n) is 11.6. The van der Waals surface area contributed by atoms with Crippen LogP contribution >= 0.6 is 23.2 Å². The zero-order chi connectivity index (χ0) is 14.5. The molecule has 1 aliphatic rings. The summed E-state index contributed by atoms with van der Waals surface area (Å²) < 4.78 is 15.8. The number of fused-ring (bicyclic) bond motifs is 1. The standard InChI is InChI=1S/C15H17Cl2FN2/c1-9(16)14-19-12-8-11(18)10(17)7-13(12)20(14)15(2)5-3-4-6-15/h7-9H,3-6H2,1-2H3. The fourth-order valence-electron chi connectivity index (χ4n) is 3.29. The average Bonchev–Trinajstić information content (AvgIpc) is 2.95. The van der Waals surface area contributed by atoms with E-state index in [4.69, 9.17) is 23.2 Å². The number of hydrogen-bond donors (Lipinski definition) is 0. The van der Waals surface area contributed by atoms with E-state index >= 15 is 0 Å². The molecule has 20 heavy (non-hydrogen) atoms. The normalized spacial score (nSPS) is 19.6. The Bertz CT molecular complexity index is 657. The van der Waals surface area contributed by atoms with Crippen LogP contribution in [0.3, 0.4) is 0 Å². The molecule has 1 aromatic heterocycles. The van der Waals surface area contributed by atoms with Gasteiger partial charge in [-0.15, -0.1) is 11.6 Å². The van der Waals surface area contributed by atoms with Crippen LogP contribution in [0.15, 0.2) is 12.1 Å². The van der Waals surface area contributed by atoms with Crippen molar-refractivity contribution in [2.45, 2.75) is 50.4 Å². The van der Waals surface area contributed by atoms with Crippen molar-refractivity contribution in [3.63, 3.8) is 0 Å². The van der Waals surface area contributed by atoms with Crippen molar-refractivity contribution in [1.29, 1.82) is 0 Å². The highest BCUT2D eigenvalue weighted by Crippen LogP contribution is 2.41. The molecule has 0 saturated heterocycles. The first-order chi connectivity index (χ1) is 9.42. The summed E-state index contributed by atoms with van der Waals surface area (Å²) in [7, 11) is 0. The lowest BCUT2D eigenvalue weighted by atomic mass is 9.99. The van der Waals surface area contributed by atoms with E-state index in [9.17, 15) is 4.39 Å². The Labute approximate surface area is 127 Å². The highest BCUT2D eigenvalue weighted by atomic mass is 35.5. The van der Waals surface area contributed by atoms with Crippen LogP contribution in [0.1, 0.15) is 50.7 Å². The summed E-state index contributed by atoms with van der Waals surface area (Å²) in [6, 6.07) is 3.07. The van der Waals surface area contributed by atoms with Gasteiger partial charge < -0.3 is 4.57 Å². The topological polar surface area (TPSA) is 17.8 Å². The fourth-order valence-corrected chi connectivity index (χ4v) is 3.59. The molecule has 5 heteroatoms. The lowest BCUT2D eigenvalue weighted by molar-refractivity contribution is 0.328. The Morgan fingerprint density at radius 3 is 2.60 bits per heavy atom. The number of hydrogen-bond acceptors (Lipinski definition) is 1. The van der Waals surface area contributed by atoms with Gasteiger partial charge in [0, 0.05) is 11.6 Å². The highest BCUT2D eigenvalue weighted by molar-refractivity contribution is 6.31. The molecule has 1 unspecified atom stereocenters. The maximum absolute atomic E-state index is 13.6. The summed E-state index contributed by atoms with van der Waals surface area (Å²) in [5.41, 5.74) is 1.50. The van der Waals surface area contributed by atoms with Crippen LogP contribution in [0.25, 0.3) is 11.0 Å². The number of rotatable bonds is 2. The van der Waals surface area contributed by atoms with E-state index in [0.29, 0.717) is 5.52 Å². The van der Waals surface area contributed by atoms with Crippen LogP contribution < -0.4 is 0 Å². The summed E-state index contributed by atoms with van der Waals surface area (Å²) in [5, 5.41) is -0.0873. The van der Waals surface area contributed by atoms with E-state index in [1.807, 2.05) is 6.92 Å². The summed E-state index contributed by atoms with van der Waals surface area (Å²) in [5.74, 6) is 0.363. The first-order valence-corrected chi connectivity index (χ1v) is 7.76. The second kappa shape index (κ2) is 4.88. The number of nitrogens with zero attached hydrogens (tertiary/aromatic N) is 2. The van der Waals surface area contributed by atoms with Crippen LogP contribution in [0.2, 0.25) is 5.02 Å². The molecule has 0 N–H and O–H groups in total. The van der Waals surface area contributed by atoms with E-state index in [2.05, 4.69) is 16.5 Å². The van der Waals surface area contributed by atoms with Crippen molar-refractivity contribution in [3.05, 3.63) is 28.8 Å². The second-order valence-electron chi connectivity index (χ2n) is 5.88. The monoisotopic (exact) mass is 314 g/mol. The Morgan fingerprint density at radius 1 is 1.35 bits per heavy atom. The lowest BCUT2D eigenvalue weighted by Gasteiger charge is -2.29. The lowest BCUT2D eigenvalue weighted by Crippen LogP contribution is -2.28. The van der Waals surface area contributed by atoms with Gasteiger partial charge in [-0.25, -0.2) is 9.37 Å². The van der Waals surface area contributed by atoms with Crippen molar-refractivity contribution < 1.29 is 4.39 Å². The van der Waals surface area contributed by atoms with Gasteiger partial charge in [0.25, 0.3) is 0 Å². The molecule has 1 aromatic carbocycles. The van der Waals surface area contributed by atoms with Crippen molar-refractivity contribution in [2.24, 2.45) is 0 Å². The molecular weight excluding hydrogens is 298 g/mol. The van der Waals surface area contributed by atoms with Gasteiger partial charge in [-0.1, -0.05) is 24.4 Å². The van der Waals surface area contributed by atoms with Crippen LogP contribution in [0.4, 0.5) is 4.39 Å². The molecule has 0 amide bonds. The molecule has 0 spiro atoms. The SMILES string of the molecule is CC(Cl)c1nc2cc(F)c(Cl)cc2n1C1(C)CCCC1. The Hall–Kier alpha value is -0.800. The number of benzene rings is 1. The molecule has 0 aliphatic heterocycles.